The van der Waals surface area contributed by atoms with Gasteiger partial charge < -0.3 is 20.2 Å². The first-order chi connectivity index (χ1) is 10.1. The van der Waals surface area contributed by atoms with Crippen molar-refractivity contribution in [1.82, 2.24) is 10.2 Å². The minimum atomic E-state index is -1.05. The Bertz CT molecular complexity index is 652. The first-order valence-electron chi connectivity index (χ1n) is 6.67. The number of rotatable bonds is 2. The second-order valence-corrected chi connectivity index (χ2v) is 5.13. The van der Waals surface area contributed by atoms with Crippen LogP contribution >= 0.6 is 0 Å². The van der Waals surface area contributed by atoms with E-state index in [1.54, 1.807) is 11.0 Å². The van der Waals surface area contributed by atoms with Crippen LogP contribution in [-0.2, 0) is 0 Å². The number of nitrogens with one attached hydrogen (secondary N) is 1. The van der Waals surface area contributed by atoms with E-state index in [-0.39, 0.29) is 17.6 Å². The van der Waals surface area contributed by atoms with Crippen LogP contribution in [0.5, 0.6) is 0 Å². The zero-order valence-corrected chi connectivity index (χ0v) is 11.2. The summed E-state index contributed by atoms with van der Waals surface area (Å²) in [5, 5.41) is 21.0. The van der Waals surface area contributed by atoms with Crippen LogP contribution < -0.4 is 10.2 Å². The fourth-order valence-corrected chi connectivity index (χ4v) is 2.86. The molecule has 1 aromatic carbocycles. The van der Waals surface area contributed by atoms with Gasteiger partial charge in [0.1, 0.15) is 6.07 Å². The van der Waals surface area contributed by atoms with E-state index in [0.29, 0.717) is 31.7 Å². The van der Waals surface area contributed by atoms with Gasteiger partial charge in [-0.25, -0.2) is 9.59 Å². The fourth-order valence-electron chi connectivity index (χ4n) is 2.86. The Balaban J connectivity index is 1.86. The van der Waals surface area contributed by atoms with Crippen molar-refractivity contribution in [2.75, 3.05) is 31.1 Å². The Morgan fingerprint density at radius 1 is 1.43 bits per heavy atom. The molecule has 1 atom stereocenters. The molecule has 21 heavy (non-hydrogen) atoms. The molecule has 2 aliphatic heterocycles. The van der Waals surface area contributed by atoms with E-state index in [1.807, 2.05) is 4.90 Å². The van der Waals surface area contributed by atoms with Crippen molar-refractivity contribution in [3.8, 4) is 6.07 Å². The molecule has 7 nitrogen and oxygen atoms in total. The molecule has 7 heteroatoms. The van der Waals surface area contributed by atoms with Gasteiger partial charge in [0.05, 0.1) is 22.9 Å². The lowest BCUT2D eigenvalue weighted by Gasteiger charge is -2.38. The maximum atomic E-state index is 11.6. The van der Waals surface area contributed by atoms with Crippen LogP contribution in [0, 0.1) is 11.3 Å². The zero-order chi connectivity index (χ0) is 15.0. The van der Waals surface area contributed by atoms with E-state index in [4.69, 9.17) is 5.11 Å². The van der Waals surface area contributed by atoms with Gasteiger partial charge in [-0.1, -0.05) is 0 Å². The summed E-state index contributed by atoms with van der Waals surface area (Å²) in [4.78, 5) is 26.4. The molecule has 2 heterocycles. The minimum Gasteiger partial charge on any atom is -0.478 e. The average Bonchev–Trinajstić information content (AvgIpc) is 2.87. The van der Waals surface area contributed by atoms with Crippen molar-refractivity contribution >= 4 is 17.7 Å². The molecule has 0 saturated carbocycles. The quantitative estimate of drug-likeness (QED) is 0.823. The van der Waals surface area contributed by atoms with E-state index >= 15 is 0 Å². The van der Waals surface area contributed by atoms with Gasteiger partial charge in [-0.2, -0.15) is 5.26 Å². The molecule has 108 valence electrons. The summed E-state index contributed by atoms with van der Waals surface area (Å²) in [6.07, 6.45) is 0. The van der Waals surface area contributed by atoms with Crippen LogP contribution in [0.25, 0.3) is 0 Å². The molecule has 0 aliphatic carbocycles. The van der Waals surface area contributed by atoms with Crippen LogP contribution in [0.2, 0.25) is 0 Å². The van der Waals surface area contributed by atoms with Crippen LogP contribution in [-0.4, -0.2) is 54.2 Å². The number of hydrogen-bond donors (Lipinski definition) is 2. The molecule has 2 saturated heterocycles. The highest BCUT2D eigenvalue weighted by Gasteiger charge is 2.35. The fraction of sp³-hybridized carbons (Fsp3) is 0.357. The van der Waals surface area contributed by atoms with Gasteiger partial charge in [0.15, 0.2) is 0 Å². The number of amides is 2. The summed E-state index contributed by atoms with van der Waals surface area (Å²) < 4.78 is 0. The number of anilines is 1. The molecular weight excluding hydrogens is 272 g/mol. The lowest BCUT2D eigenvalue weighted by Crippen LogP contribution is -2.52. The third kappa shape index (κ3) is 2.25. The first kappa shape index (κ1) is 13.2. The number of aromatic carboxylic acids is 1. The highest BCUT2D eigenvalue weighted by atomic mass is 16.4. The van der Waals surface area contributed by atoms with Gasteiger partial charge in [-0.3, -0.25) is 0 Å². The summed E-state index contributed by atoms with van der Waals surface area (Å²) >= 11 is 0. The van der Waals surface area contributed by atoms with Gasteiger partial charge >= 0.3 is 12.0 Å². The number of nitrogens with zero attached hydrogens (tertiary/aromatic N) is 3. The molecule has 3 rings (SSSR count). The number of carboxylic acid groups (broad SMARTS) is 1. The Hall–Kier alpha value is -2.75. The number of piperazine rings is 1. The zero-order valence-electron chi connectivity index (χ0n) is 11.2. The minimum absolute atomic E-state index is 0.0404. The highest BCUT2D eigenvalue weighted by molar-refractivity contribution is 5.89. The molecule has 1 aromatic rings. The van der Waals surface area contributed by atoms with E-state index in [0.717, 1.165) is 5.69 Å². The largest absolute Gasteiger partial charge is 0.478 e. The molecule has 0 radical (unpaired) electrons. The molecular formula is C14H14N4O3. The number of urea groups is 1. The normalized spacial score (nSPS) is 20.7. The number of carbonyl (C=O) groups excluding carboxylic acids is 1. The van der Waals surface area contributed by atoms with Crippen molar-refractivity contribution in [3.05, 3.63) is 29.3 Å². The third-order valence-electron chi connectivity index (χ3n) is 3.94. The van der Waals surface area contributed by atoms with Crippen LogP contribution in [0.3, 0.4) is 0 Å². The van der Waals surface area contributed by atoms with E-state index in [2.05, 4.69) is 11.4 Å². The van der Waals surface area contributed by atoms with Crippen LogP contribution in [0.15, 0.2) is 18.2 Å². The highest BCUT2D eigenvalue weighted by Crippen LogP contribution is 2.25. The lowest BCUT2D eigenvalue weighted by atomic mass is 10.1. The predicted molar refractivity (Wildman–Crippen MR) is 74.2 cm³/mol. The number of carboxylic acids is 1. The predicted octanol–water partition coefficient (Wildman–Crippen LogP) is 0.470. The molecule has 1 unspecified atom stereocenters. The smallest absolute Gasteiger partial charge is 0.335 e. The van der Waals surface area contributed by atoms with Crippen LogP contribution in [0.4, 0.5) is 10.5 Å². The van der Waals surface area contributed by atoms with Crippen molar-refractivity contribution in [1.29, 1.82) is 5.26 Å². The molecule has 2 amide bonds. The summed E-state index contributed by atoms with van der Waals surface area (Å²) in [5.41, 5.74) is 1.17. The molecule has 0 bridgehead atoms. The number of benzene rings is 1. The Morgan fingerprint density at radius 2 is 2.24 bits per heavy atom. The van der Waals surface area contributed by atoms with E-state index < -0.39 is 5.97 Å². The molecule has 2 N–H and O–H groups in total. The second kappa shape index (κ2) is 4.98. The molecule has 0 spiro atoms. The number of hydrogen-bond acceptors (Lipinski definition) is 4. The van der Waals surface area contributed by atoms with Crippen molar-refractivity contribution in [2.24, 2.45) is 0 Å². The summed E-state index contributed by atoms with van der Waals surface area (Å²) in [7, 11) is 0. The number of nitriles is 1. The second-order valence-electron chi connectivity index (χ2n) is 5.13. The molecule has 2 fully saturated rings. The topological polar surface area (TPSA) is 96.7 Å². The average molecular weight is 286 g/mol. The summed E-state index contributed by atoms with van der Waals surface area (Å²) in [5.74, 6) is -1.05. The lowest BCUT2D eigenvalue weighted by molar-refractivity contribution is 0.0697. The van der Waals surface area contributed by atoms with E-state index in [9.17, 15) is 14.9 Å². The van der Waals surface area contributed by atoms with Crippen molar-refractivity contribution in [2.45, 2.75) is 6.04 Å². The van der Waals surface area contributed by atoms with Gasteiger partial charge in [-0.15, -0.1) is 0 Å². The molecule has 2 aliphatic rings. The van der Waals surface area contributed by atoms with Gasteiger partial charge in [0, 0.05) is 26.2 Å². The Morgan fingerprint density at radius 3 is 2.95 bits per heavy atom. The number of fused-ring (bicyclic) bond motifs is 1. The van der Waals surface area contributed by atoms with Crippen molar-refractivity contribution in [3.63, 3.8) is 0 Å². The van der Waals surface area contributed by atoms with Gasteiger partial charge in [-0.05, 0) is 18.2 Å². The SMILES string of the molecule is N#Cc1cc(C(=O)O)ccc1N1CCN2C(=O)NCC2C1. The third-order valence-corrected chi connectivity index (χ3v) is 3.94. The van der Waals surface area contributed by atoms with Crippen molar-refractivity contribution < 1.29 is 14.7 Å². The standard InChI is InChI=1S/C14H14N4O3/c15-6-10-5-9(13(19)20)1-2-12(10)17-3-4-18-11(8-17)7-16-14(18)21/h1-2,5,11H,3-4,7-8H2,(H,16,21)(H,19,20). The monoisotopic (exact) mass is 286 g/mol. The maximum Gasteiger partial charge on any atom is 0.335 e. The maximum absolute atomic E-state index is 11.6. The Kier molecular flexibility index (Phi) is 3.14. The summed E-state index contributed by atoms with van der Waals surface area (Å²) in [6, 6.07) is 6.67. The number of carbonyl (C=O) groups is 2. The summed E-state index contributed by atoms with van der Waals surface area (Å²) in [6.45, 7) is 2.47. The molecule has 0 aromatic heterocycles. The van der Waals surface area contributed by atoms with E-state index in [1.165, 1.54) is 12.1 Å². The first-order valence-corrected chi connectivity index (χ1v) is 6.67. The van der Waals surface area contributed by atoms with Gasteiger partial charge in [0.2, 0.25) is 0 Å². The Labute approximate surface area is 121 Å². The van der Waals surface area contributed by atoms with Crippen LogP contribution in [0.1, 0.15) is 15.9 Å². The van der Waals surface area contributed by atoms with Gasteiger partial charge in [0.25, 0.3) is 0 Å².